The molecule has 5 nitrogen and oxygen atoms in total. The molecule has 3 rings (SSSR count). The van der Waals surface area contributed by atoms with Crippen molar-refractivity contribution in [3.8, 4) is 11.1 Å². The predicted molar refractivity (Wildman–Crippen MR) is 142 cm³/mol. The van der Waals surface area contributed by atoms with Gasteiger partial charge in [-0.3, -0.25) is 9.59 Å². The number of nitrogens with zero attached hydrogens (tertiary/aromatic N) is 1. The molecule has 190 valence electrons. The van der Waals surface area contributed by atoms with E-state index in [1.807, 2.05) is 20.8 Å². The third-order valence-electron chi connectivity index (χ3n) is 6.56. The standard InChI is InChI=1S/C30H42N2O3/c1-23-7-6-21-32(23)22-19-25-11-16-27(17-12-25)26-14-9-24(10-15-26)13-18-28(33)31-20-5-8-29(34)35-30(2,3)4/h9-12,14-17,23H,5-8,13,18-22H2,1-4H3,(H,31,33)/t23-/m1/s1. The molecule has 1 fully saturated rings. The number of hydrogen-bond donors (Lipinski definition) is 1. The highest BCUT2D eigenvalue weighted by Gasteiger charge is 2.19. The van der Waals surface area contributed by atoms with Gasteiger partial charge in [0.1, 0.15) is 5.60 Å². The van der Waals surface area contributed by atoms with Crippen LogP contribution in [0.1, 0.15) is 70.9 Å². The van der Waals surface area contributed by atoms with E-state index >= 15 is 0 Å². The summed E-state index contributed by atoms with van der Waals surface area (Å²) in [6.07, 6.45) is 5.81. The lowest BCUT2D eigenvalue weighted by Gasteiger charge is -2.20. The number of ether oxygens (including phenoxy) is 1. The van der Waals surface area contributed by atoms with Crippen molar-refractivity contribution in [3.05, 3.63) is 59.7 Å². The summed E-state index contributed by atoms with van der Waals surface area (Å²) in [5.41, 5.74) is 4.49. The first-order valence-electron chi connectivity index (χ1n) is 13.1. The molecule has 2 aromatic rings. The SMILES string of the molecule is C[C@@H]1CCCN1CCc1ccc(-c2ccc(CCC(=O)NCCCC(=O)OC(C)(C)C)cc2)cc1. The minimum absolute atomic E-state index is 0.0113. The maximum Gasteiger partial charge on any atom is 0.306 e. The molecule has 1 aliphatic heterocycles. The fourth-order valence-corrected chi connectivity index (χ4v) is 4.52. The number of amides is 1. The van der Waals surface area contributed by atoms with E-state index in [9.17, 15) is 9.59 Å². The lowest BCUT2D eigenvalue weighted by atomic mass is 10.00. The molecule has 0 aliphatic carbocycles. The Hall–Kier alpha value is -2.66. The zero-order valence-electron chi connectivity index (χ0n) is 21.9. The van der Waals surface area contributed by atoms with Gasteiger partial charge in [-0.1, -0.05) is 48.5 Å². The molecule has 0 bridgehead atoms. The van der Waals surface area contributed by atoms with E-state index in [1.165, 1.54) is 36.1 Å². The smallest absolute Gasteiger partial charge is 0.306 e. The molecule has 0 unspecified atom stereocenters. The largest absolute Gasteiger partial charge is 0.460 e. The van der Waals surface area contributed by atoms with Crippen LogP contribution in [0.15, 0.2) is 48.5 Å². The maximum absolute atomic E-state index is 12.1. The van der Waals surface area contributed by atoms with Crippen LogP contribution in [-0.2, 0) is 27.2 Å². The summed E-state index contributed by atoms with van der Waals surface area (Å²) in [5, 5.41) is 2.89. The van der Waals surface area contributed by atoms with Gasteiger partial charge in [-0.15, -0.1) is 0 Å². The molecule has 2 aromatic carbocycles. The van der Waals surface area contributed by atoms with Crippen LogP contribution in [0.3, 0.4) is 0 Å². The zero-order valence-corrected chi connectivity index (χ0v) is 21.9. The Morgan fingerprint density at radius 2 is 1.54 bits per heavy atom. The van der Waals surface area contributed by atoms with Crippen LogP contribution in [0.2, 0.25) is 0 Å². The van der Waals surface area contributed by atoms with Crippen molar-refractivity contribution in [2.45, 2.75) is 84.3 Å². The third-order valence-corrected chi connectivity index (χ3v) is 6.56. The molecule has 1 aliphatic rings. The van der Waals surface area contributed by atoms with Crippen molar-refractivity contribution in [2.75, 3.05) is 19.6 Å². The summed E-state index contributed by atoms with van der Waals surface area (Å²) in [6.45, 7) is 10.8. The summed E-state index contributed by atoms with van der Waals surface area (Å²) < 4.78 is 5.28. The first-order valence-corrected chi connectivity index (χ1v) is 13.1. The van der Waals surface area contributed by atoms with Gasteiger partial charge in [0, 0.05) is 32.0 Å². The van der Waals surface area contributed by atoms with Crippen LogP contribution in [0.25, 0.3) is 11.1 Å². The number of esters is 1. The molecular weight excluding hydrogens is 436 g/mol. The molecule has 1 heterocycles. The Kier molecular flexibility index (Phi) is 9.91. The van der Waals surface area contributed by atoms with Crippen molar-refractivity contribution >= 4 is 11.9 Å². The van der Waals surface area contributed by atoms with Gasteiger partial charge >= 0.3 is 5.97 Å². The topological polar surface area (TPSA) is 58.6 Å². The third kappa shape index (κ3) is 9.48. The van der Waals surface area contributed by atoms with E-state index in [1.54, 1.807) is 0 Å². The van der Waals surface area contributed by atoms with Gasteiger partial charge in [-0.25, -0.2) is 0 Å². The number of aryl methyl sites for hydroxylation is 1. The monoisotopic (exact) mass is 478 g/mol. The molecule has 0 spiro atoms. The fraction of sp³-hybridized carbons (Fsp3) is 0.533. The molecule has 0 radical (unpaired) electrons. The second kappa shape index (κ2) is 12.9. The number of carbonyl (C=O) groups is 2. The highest BCUT2D eigenvalue weighted by molar-refractivity contribution is 5.76. The van der Waals surface area contributed by atoms with E-state index in [-0.39, 0.29) is 11.9 Å². The summed E-state index contributed by atoms with van der Waals surface area (Å²) in [4.78, 5) is 26.4. The Morgan fingerprint density at radius 3 is 2.09 bits per heavy atom. The zero-order chi connectivity index (χ0) is 25.3. The van der Waals surface area contributed by atoms with Gasteiger partial charge < -0.3 is 15.0 Å². The second-order valence-electron chi connectivity index (χ2n) is 10.7. The number of benzene rings is 2. The van der Waals surface area contributed by atoms with Crippen molar-refractivity contribution in [1.82, 2.24) is 10.2 Å². The number of likely N-dealkylation sites (tertiary alicyclic amines) is 1. The van der Waals surface area contributed by atoms with Crippen molar-refractivity contribution in [1.29, 1.82) is 0 Å². The summed E-state index contributed by atoms with van der Waals surface area (Å²) in [7, 11) is 0. The number of nitrogens with one attached hydrogen (secondary N) is 1. The highest BCUT2D eigenvalue weighted by Crippen LogP contribution is 2.22. The summed E-state index contributed by atoms with van der Waals surface area (Å²) >= 11 is 0. The van der Waals surface area contributed by atoms with Crippen LogP contribution in [-0.4, -0.2) is 48.1 Å². The molecule has 1 N–H and O–H groups in total. The maximum atomic E-state index is 12.1. The van der Waals surface area contributed by atoms with E-state index < -0.39 is 5.60 Å². The van der Waals surface area contributed by atoms with Gasteiger partial charge in [-0.2, -0.15) is 0 Å². The van der Waals surface area contributed by atoms with Crippen LogP contribution in [0, 0.1) is 0 Å². The number of carbonyl (C=O) groups excluding carboxylic acids is 2. The normalized spacial score (nSPS) is 16.3. The minimum atomic E-state index is -0.467. The summed E-state index contributed by atoms with van der Waals surface area (Å²) in [5.74, 6) is -0.213. The minimum Gasteiger partial charge on any atom is -0.460 e. The van der Waals surface area contributed by atoms with Crippen LogP contribution >= 0.6 is 0 Å². The molecule has 1 amide bonds. The van der Waals surface area contributed by atoms with Crippen molar-refractivity contribution in [3.63, 3.8) is 0 Å². The molecule has 35 heavy (non-hydrogen) atoms. The molecule has 0 saturated carbocycles. The van der Waals surface area contributed by atoms with E-state index in [4.69, 9.17) is 4.74 Å². The second-order valence-corrected chi connectivity index (χ2v) is 10.7. The molecule has 5 heteroatoms. The lowest BCUT2D eigenvalue weighted by molar-refractivity contribution is -0.155. The average Bonchev–Trinajstić information content (AvgIpc) is 3.23. The fourth-order valence-electron chi connectivity index (χ4n) is 4.52. The predicted octanol–water partition coefficient (Wildman–Crippen LogP) is 5.55. The lowest BCUT2D eigenvalue weighted by Crippen LogP contribution is -2.28. The average molecular weight is 479 g/mol. The van der Waals surface area contributed by atoms with E-state index in [0.717, 1.165) is 24.6 Å². The van der Waals surface area contributed by atoms with Crippen LogP contribution in [0.5, 0.6) is 0 Å². The number of hydrogen-bond acceptors (Lipinski definition) is 4. The van der Waals surface area contributed by atoms with Gasteiger partial charge in [-0.05, 0) is 88.6 Å². The highest BCUT2D eigenvalue weighted by atomic mass is 16.6. The first-order chi connectivity index (χ1) is 16.7. The van der Waals surface area contributed by atoms with Gasteiger partial charge in [0.05, 0.1) is 0 Å². The van der Waals surface area contributed by atoms with Gasteiger partial charge in [0.15, 0.2) is 0 Å². The Labute approximate surface area is 211 Å². The van der Waals surface area contributed by atoms with E-state index in [2.05, 4.69) is 65.7 Å². The Bertz CT molecular complexity index is 945. The summed E-state index contributed by atoms with van der Waals surface area (Å²) in [6, 6.07) is 18.1. The molecule has 1 atom stereocenters. The van der Waals surface area contributed by atoms with Crippen molar-refractivity contribution in [2.24, 2.45) is 0 Å². The van der Waals surface area contributed by atoms with Crippen LogP contribution in [0.4, 0.5) is 0 Å². The van der Waals surface area contributed by atoms with Crippen LogP contribution < -0.4 is 5.32 Å². The first kappa shape index (κ1) is 26.9. The molecule has 1 saturated heterocycles. The Balaban J connectivity index is 1.36. The number of rotatable bonds is 11. The van der Waals surface area contributed by atoms with Gasteiger partial charge in [0.2, 0.25) is 5.91 Å². The Morgan fingerprint density at radius 1 is 0.943 bits per heavy atom. The van der Waals surface area contributed by atoms with Gasteiger partial charge in [0.25, 0.3) is 0 Å². The van der Waals surface area contributed by atoms with Crippen molar-refractivity contribution < 1.29 is 14.3 Å². The molecule has 0 aromatic heterocycles. The molecular formula is C30H42N2O3. The quantitative estimate of drug-likeness (QED) is 0.340. The van der Waals surface area contributed by atoms with E-state index in [0.29, 0.717) is 32.2 Å².